The van der Waals surface area contributed by atoms with Crippen LogP contribution in [0.25, 0.3) is 0 Å². The molecule has 0 spiro atoms. The second-order valence-electron chi connectivity index (χ2n) is 4.26. The van der Waals surface area contributed by atoms with Gasteiger partial charge in [-0.15, -0.1) is 0 Å². The molecule has 0 rings (SSSR count). The zero-order valence-corrected chi connectivity index (χ0v) is 9.42. The highest BCUT2D eigenvalue weighted by Gasteiger charge is 2.15. The minimum Gasteiger partial charge on any atom is -0.396 e. The molecular weight excluding hydrogens is 164 g/mol. The molecule has 0 aromatic rings. The van der Waals surface area contributed by atoms with Gasteiger partial charge in [0.25, 0.3) is 0 Å². The van der Waals surface area contributed by atoms with E-state index in [1.54, 1.807) is 7.11 Å². The summed E-state index contributed by atoms with van der Waals surface area (Å²) in [5, 5.41) is 8.96. The Balaban J connectivity index is 3.59. The number of hydrogen-bond acceptors (Lipinski definition) is 2. The molecule has 13 heavy (non-hydrogen) atoms. The molecule has 0 aliphatic rings. The molecule has 2 atom stereocenters. The van der Waals surface area contributed by atoms with Crippen LogP contribution in [0.1, 0.15) is 40.0 Å². The first-order chi connectivity index (χ1) is 6.11. The molecule has 2 unspecified atom stereocenters. The first-order valence-corrected chi connectivity index (χ1v) is 5.25. The van der Waals surface area contributed by atoms with E-state index in [1.807, 2.05) is 6.92 Å². The van der Waals surface area contributed by atoms with Gasteiger partial charge in [0, 0.05) is 19.6 Å². The van der Waals surface area contributed by atoms with Crippen molar-refractivity contribution in [3.05, 3.63) is 0 Å². The van der Waals surface area contributed by atoms with E-state index >= 15 is 0 Å². The Morgan fingerprint density at radius 3 is 2.15 bits per heavy atom. The molecule has 0 aliphatic carbocycles. The number of rotatable bonds is 7. The second-order valence-corrected chi connectivity index (χ2v) is 4.26. The van der Waals surface area contributed by atoms with Crippen LogP contribution in [0.5, 0.6) is 0 Å². The highest BCUT2D eigenvalue weighted by molar-refractivity contribution is 4.65. The predicted molar refractivity (Wildman–Crippen MR) is 55.7 cm³/mol. The van der Waals surface area contributed by atoms with Gasteiger partial charge in [-0.25, -0.2) is 0 Å². The maximum absolute atomic E-state index is 8.96. The van der Waals surface area contributed by atoms with Gasteiger partial charge in [0.15, 0.2) is 0 Å². The van der Waals surface area contributed by atoms with Crippen molar-refractivity contribution < 1.29 is 9.84 Å². The predicted octanol–water partition coefficient (Wildman–Crippen LogP) is 2.46. The molecule has 0 saturated carbocycles. The van der Waals surface area contributed by atoms with Gasteiger partial charge in [0.2, 0.25) is 0 Å². The largest absolute Gasteiger partial charge is 0.396 e. The average molecular weight is 188 g/mol. The van der Waals surface area contributed by atoms with Crippen molar-refractivity contribution in [3.63, 3.8) is 0 Å². The fourth-order valence-electron chi connectivity index (χ4n) is 1.48. The lowest BCUT2D eigenvalue weighted by molar-refractivity contribution is 0.0261. The number of aliphatic hydroxyl groups is 1. The van der Waals surface area contributed by atoms with Crippen LogP contribution in [0.3, 0.4) is 0 Å². The third kappa shape index (κ3) is 6.05. The molecule has 0 amide bonds. The topological polar surface area (TPSA) is 29.5 Å². The van der Waals surface area contributed by atoms with E-state index in [2.05, 4.69) is 13.8 Å². The Bertz CT molecular complexity index is 113. The minimum absolute atomic E-state index is 0.222. The maximum atomic E-state index is 8.96. The van der Waals surface area contributed by atoms with Crippen molar-refractivity contribution in [1.29, 1.82) is 0 Å². The van der Waals surface area contributed by atoms with Crippen molar-refractivity contribution in [2.24, 2.45) is 11.8 Å². The monoisotopic (exact) mass is 188 g/mol. The summed E-state index contributed by atoms with van der Waals surface area (Å²) in [6, 6.07) is 0. The molecule has 0 saturated heterocycles. The van der Waals surface area contributed by atoms with Crippen molar-refractivity contribution in [2.75, 3.05) is 13.7 Å². The van der Waals surface area contributed by atoms with Gasteiger partial charge in [-0.3, -0.25) is 0 Å². The molecule has 0 radical (unpaired) electrons. The SMILES string of the molecule is COC(CCCC(C)C)C(C)CO. The zero-order valence-electron chi connectivity index (χ0n) is 9.42. The van der Waals surface area contributed by atoms with Crippen molar-refractivity contribution in [3.8, 4) is 0 Å². The third-order valence-corrected chi connectivity index (χ3v) is 2.50. The van der Waals surface area contributed by atoms with Crippen LogP contribution < -0.4 is 0 Å². The summed E-state index contributed by atoms with van der Waals surface area (Å²) < 4.78 is 5.32. The Hall–Kier alpha value is -0.0800. The van der Waals surface area contributed by atoms with Crippen LogP contribution in [0.2, 0.25) is 0 Å². The standard InChI is InChI=1S/C11H24O2/c1-9(2)6-5-7-11(13-4)10(3)8-12/h9-12H,5-8H2,1-4H3. The second kappa shape index (κ2) is 7.34. The smallest absolute Gasteiger partial charge is 0.0618 e. The number of methoxy groups -OCH3 is 1. The van der Waals surface area contributed by atoms with Crippen LogP contribution in [0.15, 0.2) is 0 Å². The van der Waals surface area contributed by atoms with Crippen molar-refractivity contribution in [1.82, 2.24) is 0 Å². The molecule has 1 N–H and O–H groups in total. The summed E-state index contributed by atoms with van der Waals surface area (Å²) in [5.41, 5.74) is 0. The summed E-state index contributed by atoms with van der Waals surface area (Å²) in [7, 11) is 1.73. The highest BCUT2D eigenvalue weighted by Crippen LogP contribution is 2.15. The zero-order chi connectivity index (χ0) is 10.3. The molecule has 0 aliphatic heterocycles. The Labute approximate surface area is 82.3 Å². The lowest BCUT2D eigenvalue weighted by atomic mass is 9.97. The lowest BCUT2D eigenvalue weighted by Crippen LogP contribution is -2.23. The van der Waals surface area contributed by atoms with Gasteiger partial charge >= 0.3 is 0 Å². The average Bonchev–Trinajstić information content (AvgIpc) is 2.11. The van der Waals surface area contributed by atoms with E-state index in [1.165, 1.54) is 12.8 Å². The van der Waals surface area contributed by atoms with E-state index in [0.29, 0.717) is 0 Å². The van der Waals surface area contributed by atoms with E-state index < -0.39 is 0 Å². The molecule has 0 bridgehead atoms. The van der Waals surface area contributed by atoms with E-state index in [4.69, 9.17) is 9.84 Å². The van der Waals surface area contributed by atoms with Gasteiger partial charge in [-0.1, -0.05) is 33.6 Å². The van der Waals surface area contributed by atoms with Crippen LogP contribution in [-0.2, 0) is 4.74 Å². The molecule has 0 aromatic heterocycles. The summed E-state index contributed by atoms with van der Waals surface area (Å²) in [5.74, 6) is 1.03. The van der Waals surface area contributed by atoms with Gasteiger partial charge in [0.05, 0.1) is 6.10 Å². The third-order valence-electron chi connectivity index (χ3n) is 2.50. The Morgan fingerprint density at radius 2 is 1.77 bits per heavy atom. The van der Waals surface area contributed by atoms with Crippen LogP contribution >= 0.6 is 0 Å². The minimum atomic E-state index is 0.222. The lowest BCUT2D eigenvalue weighted by Gasteiger charge is -2.21. The summed E-state index contributed by atoms with van der Waals surface area (Å²) in [6.07, 6.45) is 3.73. The van der Waals surface area contributed by atoms with Gasteiger partial charge in [-0.05, 0) is 12.3 Å². The summed E-state index contributed by atoms with van der Waals surface area (Å²) in [6.45, 7) is 6.72. The highest BCUT2D eigenvalue weighted by atomic mass is 16.5. The fraction of sp³-hybridized carbons (Fsp3) is 1.00. The molecule has 80 valence electrons. The van der Waals surface area contributed by atoms with Crippen LogP contribution in [-0.4, -0.2) is 24.9 Å². The quantitative estimate of drug-likeness (QED) is 0.665. The molecular formula is C11H24O2. The van der Waals surface area contributed by atoms with Crippen molar-refractivity contribution in [2.45, 2.75) is 46.1 Å². The van der Waals surface area contributed by atoms with Crippen molar-refractivity contribution >= 4 is 0 Å². The number of aliphatic hydroxyl groups excluding tert-OH is 1. The summed E-state index contributed by atoms with van der Waals surface area (Å²) in [4.78, 5) is 0. The first kappa shape index (κ1) is 12.9. The maximum Gasteiger partial charge on any atom is 0.0618 e. The molecule has 0 heterocycles. The summed E-state index contributed by atoms with van der Waals surface area (Å²) >= 11 is 0. The molecule has 2 heteroatoms. The first-order valence-electron chi connectivity index (χ1n) is 5.25. The van der Waals surface area contributed by atoms with Gasteiger partial charge in [-0.2, -0.15) is 0 Å². The fourth-order valence-corrected chi connectivity index (χ4v) is 1.48. The normalized spacial score (nSPS) is 16.2. The van der Waals surface area contributed by atoms with E-state index in [-0.39, 0.29) is 18.6 Å². The van der Waals surface area contributed by atoms with Crippen LogP contribution in [0.4, 0.5) is 0 Å². The number of ether oxygens (including phenoxy) is 1. The molecule has 0 aromatic carbocycles. The number of hydrogen-bond donors (Lipinski definition) is 1. The van der Waals surface area contributed by atoms with E-state index in [0.717, 1.165) is 12.3 Å². The van der Waals surface area contributed by atoms with E-state index in [9.17, 15) is 0 Å². The molecule has 2 nitrogen and oxygen atoms in total. The van der Waals surface area contributed by atoms with Gasteiger partial charge in [0.1, 0.15) is 0 Å². The Morgan fingerprint density at radius 1 is 1.15 bits per heavy atom. The molecule has 0 fully saturated rings. The Kier molecular flexibility index (Phi) is 7.29. The van der Waals surface area contributed by atoms with Gasteiger partial charge < -0.3 is 9.84 Å². The van der Waals surface area contributed by atoms with Crippen LogP contribution in [0, 0.1) is 11.8 Å².